The zero-order chi connectivity index (χ0) is 10.4. The van der Waals surface area contributed by atoms with Crippen molar-refractivity contribution in [3.63, 3.8) is 0 Å². The van der Waals surface area contributed by atoms with Gasteiger partial charge in [0.25, 0.3) is 0 Å². The summed E-state index contributed by atoms with van der Waals surface area (Å²) in [5.41, 5.74) is 0.389. The van der Waals surface area contributed by atoms with Crippen molar-refractivity contribution in [2.24, 2.45) is 5.41 Å². The molecule has 1 aliphatic heterocycles. The van der Waals surface area contributed by atoms with E-state index in [0.29, 0.717) is 5.41 Å². The molecule has 0 unspecified atom stereocenters. The van der Waals surface area contributed by atoms with Crippen LogP contribution in [0.25, 0.3) is 0 Å². The number of rotatable bonds is 1. The van der Waals surface area contributed by atoms with Gasteiger partial charge in [-0.25, -0.2) is 8.42 Å². The molecule has 1 aliphatic carbocycles. The van der Waals surface area contributed by atoms with Gasteiger partial charge in [-0.05, 0) is 51.2 Å². The molecule has 3 nitrogen and oxygen atoms in total. The van der Waals surface area contributed by atoms with Gasteiger partial charge in [-0.2, -0.15) is 0 Å². The molecule has 0 bridgehead atoms. The Morgan fingerprint density at radius 2 is 1.71 bits per heavy atom. The minimum Gasteiger partial charge on any atom is -0.306 e. The van der Waals surface area contributed by atoms with E-state index in [1.807, 2.05) is 0 Å². The van der Waals surface area contributed by atoms with Crippen molar-refractivity contribution in [3.05, 3.63) is 0 Å². The predicted octanol–water partition coefficient (Wildman–Crippen LogP) is 0.905. The standard InChI is InChI=1S/C10H19NO2S/c1-11-5-3-10(4-6-11)7-9(8-10)14(2,12)13/h9H,3-8H2,1-2H3. The number of sulfone groups is 1. The van der Waals surface area contributed by atoms with Gasteiger partial charge in [0.05, 0.1) is 5.25 Å². The zero-order valence-electron chi connectivity index (χ0n) is 8.99. The van der Waals surface area contributed by atoms with Crippen LogP contribution in [-0.2, 0) is 9.84 Å². The van der Waals surface area contributed by atoms with Crippen LogP contribution in [0.1, 0.15) is 25.7 Å². The second-order valence-electron chi connectivity index (χ2n) is 5.16. The molecule has 0 aromatic heterocycles. The lowest BCUT2D eigenvalue weighted by molar-refractivity contribution is 0.0467. The topological polar surface area (TPSA) is 37.4 Å². The van der Waals surface area contributed by atoms with Crippen LogP contribution in [0.15, 0.2) is 0 Å². The lowest BCUT2D eigenvalue weighted by Gasteiger charge is -2.51. The first kappa shape index (κ1) is 10.4. The number of nitrogens with zero attached hydrogens (tertiary/aromatic N) is 1. The van der Waals surface area contributed by atoms with E-state index in [1.165, 1.54) is 19.1 Å². The highest BCUT2D eigenvalue weighted by molar-refractivity contribution is 7.91. The maximum Gasteiger partial charge on any atom is 0.150 e. The van der Waals surface area contributed by atoms with Gasteiger partial charge in [0, 0.05) is 6.26 Å². The van der Waals surface area contributed by atoms with Crippen LogP contribution < -0.4 is 0 Å². The lowest BCUT2D eigenvalue weighted by Crippen LogP contribution is -2.50. The molecule has 0 atom stereocenters. The second kappa shape index (κ2) is 3.20. The van der Waals surface area contributed by atoms with Gasteiger partial charge in [-0.3, -0.25) is 0 Å². The van der Waals surface area contributed by atoms with Gasteiger partial charge in [0.15, 0.2) is 0 Å². The van der Waals surface area contributed by atoms with E-state index in [-0.39, 0.29) is 5.25 Å². The second-order valence-corrected chi connectivity index (χ2v) is 7.49. The van der Waals surface area contributed by atoms with Crippen LogP contribution in [0.2, 0.25) is 0 Å². The van der Waals surface area contributed by atoms with Crippen molar-refractivity contribution in [3.8, 4) is 0 Å². The fourth-order valence-electron chi connectivity index (χ4n) is 2.71. The number of likely N-dealkylation sites (tertiary alicyclic amines) is 1. The Morgan fingerprint density at radius 1 is 1.21 bits per heavy atom. The van der Waals surface area contributed by atoms with Crippen molar-refractivity contribution < 1.29 is 8.42 Å². The van der Waals surface area contributed by atoms with Crippen LogP contribution >= 0.6 is 0 Å². The van der Waals surface area contributed by atoms with Crippen molar-refractivity contribution in [2.45, 2.75) is 30.9 Å². The Balaban J connectivity index is 1.93. The Kier molecular flexibility index (Phi) is 2.39. The average Bonchev–Trinajstić information content (AvgIpc) is 2.00. The first-order valence-corrected chi connectivity index (χ1v) is 7.24. The van der Waals surface area contributed by atoms with Crippen LogP contribution in [0.4, 0.5) is 0 Å². The molecular formula is C10H19NO2S. The first-order valence-electron chi connectivity index (χ1n) is 5.29. The molecule has 4 heteroatoms. The summed E-state index contributed by atoms with van der Waals surface area (Å²) < 4.78 is 22.6. The van der Waals surface area contributed by atoms with Crippen LogP contribution in [0.5, 0.6) is 0 Å². The summed E-state index contributed by atoms with van der Waals surface area (Å²) in [5.74, 6) is 0. The van der Waals surface area contributed by atoms with Gasteiger partial charge in [0.1, 0.15) is 9.84 Å². The molecule has 0 N–H and O–H groups in total. The Bertz CT molecular complexity index is 307. The molecule has 0 aromatic carbocycles. The zero-order valence-corrected chi connectivity index (χ0v) is 9.81. The van der Waals surface area contributed by atoms with Crippen molar-refractivity contribution in [1.82, 2.24) is 4.90 Å². The van der Waals surface area contributed by atoms with Crippen LogP contribution in [-0.4, -0.2) is 45.0 Å². The minimum absolute atomic E-state index is 0.0362. The lowest BCUT2D eigenvalue weighted by atomic mass is 9.63. The highest BCUT2D eigenvalue weighted by Crippen LogP contribution is 2.51. The van der Waals surface area contributed by atoms with E-state index in [0.717, 1.165) is 25.9 Å². The van der Waals surface area contributed by atoms with Gasteiger partial charge in [-0.15, -0.1) is 0 Å². The van der Waals surface area contributed by atoms with Gasteiger partial charge in [0.2, 0.25) is 0 Å². The van der Waals surface area contributed by atoms with Crippen molar-refractivity contribution in [2.75, 3.05) is 26.4 Å². The fourth-order valence-corrected chi connectivity index (χ4v) is 4.02. The highest BCUT2D eigenvalue weighted by atomic mass is 32.2. The molecule has 1 heterocycles. The molecular weight excluding hydrogens is 198 g/mol. The van der Waals surface area contributed by atoms with Crippen molar-refractivity contribution in [1.29, 1.82) is 0 Å². The molecule has 2 rings (SSSR count). The maximum atomic E-state index is 11.3. The third-order valence-electron chi connectivity index (χ3n) is 3.97. The summed E-state index contributed by atoms with van der Waals surface area (Å²) in [7, 11) is -0.630. The average molecular weight is 217 g/mol. The number of hydrogen-bond donors (Lipinski definition) is 0. The summed E-state index contributed by atoms with van der Waals surface area (Å²) in [6.45, 7) is 2.27. The monoisotopic (exact) mass is 217 g/mol. The normalized spacial score (nSPS) is 29.0. The van der Waals surface area contributed by atoms with E-state index >= 15 is 0 Å². The summed E-state index contributed by atoms with van der Waals surface area (Å²) in [4.78, 5) is 2.33. The highest BCUT2D eigenvalue weighted by Gasteiger charge is 2.48. The Hall–Kier alpha value is -0.0900. The van der Waals surface area contributed by atoms with Gasteiger partial charge < -0.3 is 4.90 Å². The molecule has 2 fully saturated rings. The molecule has 0 amide bonds. The van der Waals surface area contributed by atoms with Gasteiger partial charge in [-0.1, -0.05) is 0 Å². The Morgan fingerprint density at radius 3 is 2.14 bits per heavy atom. The SMILES string of the molecule is CN1CCC2(CC1)CC(S(C)(=O)=O)C2. The molecule has 0 aromatic rings. The number of hydrogen-bond acceptors (Lipinski definition) is 3. The largest absolute Gasteiger partial charge is 0.306 e. The van der Waals surface area contributed by atoms with Crippen LogP contribution in [0, 0.1) is 5.41 Å². The quantitative estimate of drug-likeness (QED) is 0.655. The summed E-state index contributed by atoms with van der Waals surface area (Å²) >= 11 is 0. The molecule has 14 heavy (non-hydrogen) atoms. The van der Waals surface area contributed by atoms with E-state index in [1.54, 1.807) is 0 Å². The third-order valence-corrected chi connectivity index (χ3v) is 5.52. The fraction of sp³-hybridized carbons (Fsp3) is 1.00. The van der Waals surface area contributed by atoms with E-state index in [9.17, 15) is 8.42 Å². The van der Waals surface area contributed by atoms with E-state index < -0.39 is 9.84 Å². The predicted molar refractivity (Wildman–Crippen MR) is 57.0 cm³/mol. The minimum atomic E-state index is -2.77. The third kappa shape index (κ3) is 1.82. The maximum absolute atomic E-state index is 11.3. The molecule has 2 aliphatic rings. The van der Waals surface area contributed by atoms with Gasteiger partial charge >= 0.3 is 0 Å². The smallest absolute Gasteiger partial charge is 0.150 e. The van der Waals surface area contributed by atoms with Crippen LogP contribution in [0.3, 0.4) is 0 Å². The molecule has 82 valence electrons. The summed E-state index contributed by atoms with van der Waals surface area (Å²) in [6.07, 6.45) is 5.59. The van der Waals surface area contributed by atoms with Crippen molar-refractivity contribution >= 4 is 9.84 Å². The summed E-state index contributed by atoms with van der Waals surface area (Å²) in [5, 5.41) is -0.0362. The van der Waals surface area contributed by atoms with E-state index in [4.69, 9.17) is 0 Å². The summed E-state index contributed by atoms with van der Waals surface area (Å²) in [6, 6.07) is 0. The molecule has 1 saturated carbocycles. The molecule has 0 radical (unpaired) electrons. The Labute approximate surface area is 86.4 Å². The first-order chi connectivity index (χ1) is 6.41. The number of piperidine rings is 1. The molecule has 1 saturated heterocycles. The molecule has 1 spiro atoms. The van der Waals surface area contributed by atoms with E-state index in [2.05, 4.69) is 11.9 Å².